The number of likely N-dealkylation sites (tertiary alicyclic amines) is 1. The van der Waals surface area contributed by atoms with Crippen LogP contribution in [0.25, 0.3) is 11.1 Å². The molecular weight excluding hydrogens is 737 g/mol. The van der Waals surface area contributed by atoms with Crippen molar-refractivity contribution in [2.45, 2.75) is 68.7 Å². The minimum atomic E-state index is -4.75. The predicted molar refractivity (Wildman–Crippen MR) is 209 cm³/mol. The summed E-state index contributed by atoms with van der Waals surface area (Å²) in [4.78, 5) is 47.8. The highest BCUT2D eigenvalue weighted by Crippen LogP contribution is 2.52. The number of nitrogens with one attached hydrogen (secondary N) is 3. The molecule has 2 aliphatic heterocycles. The van der Waals surface area contributed by atoms with E-state index in [0.717, 1.165) is 37.8 Å². The number of rotatable bonds is 12. The molecule has 2 aliphatic carbocycles. The molecule has 296 valence electrons. The fourth-order valence-electron chi connectivity index (χ4n) is 7.29. The van der Waals surface area contributed by atoms with E-state index >= 15 is 0 Å². The van der Waals surface area contributed by atoms with Crippen molar-refractivity contribution in [2.75, 3.05) is 44.4 Å². The van der Waals surface area contributed by atoms with E-state index in [0.29, 0.717) is 42.1 Å². The summed E-state index contributed by atoms with van der Waals surface area (Å²) in [7, 11) is 18.3. The van der Waals surface area contributed by atoms with E-state index < -0.39 is 23.0 Å². The third-order valence-electron chi connectivity index (χ3n) is 10.8. The van der Waals surface area contributed by atoms with E-state index in [1.165, 1.54) is 11.0 Å². The third kappa shape index (κ3) is 7.81. The number of nitrogens with two attached hydrogens (primary N) is 2. The molecule has 4 aliphatic rings. The van der Waals surface area contributed by atoms with Crippen molar-refractivity contribution in [3.63, 3.8) is 0 Å². The lowest BCUT2D eigenvalue weighted by Gasteiger charge is -2.50. The van der Waals surface area contributed by atoms with Crippen LogP contribution in [0.5, 0.6) is 0 Å². The lowest BCUT2D eigenvalue weighted by atomic mass is 9.57. The van der Waals surface area contributed by atoms with Crippen molar-refractivity contribution in [3.05, 3.63) is 82.5 Å². The second-order valence-electron chi connectivity index (χ2n) is 15.4. The van der Waals surface area contributed by atoms with Gasteiger partial charge in [-0.05, 0) is 61.7 Å². The van der Waals surface area contributed by atoms with Crippen LogP contribution in [0.1, 0.15) is 78.6 Å². The number of fused-ring (bicyclic) bond motifs is 3. The quantitative estimate of drug-likeness (QED) is 0.104. The number of benzene rings is 1. The topological polar surface area (TPSA) is 180 Å². The maximum absolute atomic E-state index is 14.7. The summed E-state index contributed by atoms with van der Waals surface area (Å²) >= 11 is 0. The molecule has 4 heterocycles. The van der Waals surface area contributed by atoms with Gasteiger partial charge in [-0.15, -0.1) is 0 Å². The van der Waals surface area contributed by atoms with Crippen LogP contribution >= 0.6 is 0 Å². The zero-order valence-corrected chi connectivity index (χ0v) is 32.2. The third-order valence-corrected chi connectivity index (χ3v) is 10.8. The number of halogens is 3. The number of allylic oxidation sites excluding steroid dienone is 1. The first-order valence-corrected chi connectivity index (χ1v) is 18.8. The average Bonchev–Trinajstić information content (AvgIpc) is 4.08. The van der Waals surface area contributed by atoms with E-state index in [9.17, 15) is 27.6 Å². The smallest absolute Gasteiger partial charge is 0.393 e. The van der Waals surface area contributed by atoms with Gasteiger partial charge in [-0.3, -0.25) is 19.1 Å². The van der Waals surface area contributed by atoms with E-state index in [4.69, 9.17) is 32.3 Å². The zero-order valence-electron chi connectivity index (χ0n) is 32.2. The van der Waals surface area contributed by atoms with Crippen molar-refractivity contribution in [3.8, 4) is 11.1 Å². The van der Waals surface area contributed by atoms with Gasteiger partial charge in [0.1, 0.15) is 17.2 Å². The second-order valence-corrected chi connectivity index (χ2v) is 15.4. The summed E-state index contributed by atoms with van der Waals surface area (Å²) in [5, 5.41) is 11.6. The van der Waals surface area contributed by atoms with Crippen LogP contribution in [0.15, 0.2) is 59.8 Å². The molecular formula is C38H44B2F3N11O3. The second kappa shape index (κ2) is 14.8. The van der Waals surface area contributed by atoms with Crippen LogP contribution in [0.2, 0.25) is 0 Å². The number of carbonyl (C=O) groups excluding carboxylic acids is 3. The normalized spacial score (nSPS) is 19.2. The summed E-state index contributed by atoms with van der Waals surface area (Å²) in [6.45, 7) is 2.66. The summed E-state index contributed by atoms with van der Waals surface area (Å²) < 4.78 is 45.8. The number of amides is 3. The average molecular weight is 781 g/mol. The lowest BCUT2D eigenvalue weighted by molar-refractivity contribution is -0.137. The molecule has 4 radical (unpaired) electrons. The monoisotopic (exact) mass is 781 g/mol. The number of hydrogen-bond acceptors (Lipinski definition) is 10. The first-order chi connectivity index (χ1) is 26.9. The number of nitrogens with zero attached hydrogens (tertiary/aromatic N) is 6. The Morgan fingerprint density at radius 1 is 1.05 bits per heavy atom. The van der Waals surface area contributed by atoms with Crippen molar-refractivity contribution in [1.29, 1.82) is 0 Å². The maximum atomic E-state index is 14.7. The Kier molecular flexibility index (Phi) is 10.3. The number of anilines is 2. The van der Waals surface area contributed by atoms with Crippen molar-refractivity contribution in [1.82, 2.24) is 35.2 Å². The molecule has 1 unspecified atom stereocenters. The first kappa shape index (κ1) is 39.8. The first-order valence-electron chi connectivity index (χ1n) is 18.8. The number of alkyl halides is 3. The molecule has 19 heteroatoms. The van der Waals surface area contributed by atoms with Crippen LogP contribution in [-0.4, -0.2) is 98.3 Å². The summed E-state index contributed by atoms with van der Waals surface area (Å²) in [5.41, 5.74) is 13.6. The van der Waals surface area contributed by atoms with Gasteiger partial charge in [-0.1, -0.05) is 13.0 Å². The van der Waals surface area contributed by atoms with Gasteiger partial charge in [0.25, 0.3) is 11.8 Å². The molecule has 57 heavy (non-hydrogen) atoms. The minimum Gasteiger partial charge on any atom is -0.393 e. The molecule has 3 aromatic rings. The van der Waals surface area contributed by atoms with Crippen LogP contribution in [0.4, 0.5) is 24.5 Å². The molecule has 3 fully saturated rings. The molecule has 7 N–H and O–H groups in total. The molecule has 1 atom stereocenters. The molecule has 1 aromatic carbocycles. The van der Waals surface area contributed by atoms with Crippen LogP contribution in [0, 0.1) is 5.92 Å². The molecule has 2 saturated carbocycles. The van der Waals surface area contributed by atoms with E-state index in [-0.39, 0.29) is 70.0 Å². The van der Waals surface area contributed by atoms with Gasteiger partial charge in [0, 0.05) is 69.1 Å². The maximum Gasteiger partial charge on any atom is 0.416 e. The van der Waals surface area contributed by atoms with Crippen LogP contribution in [-0.2, 0) is 21.1 Å². The number of carbonyl (C=O) groups is 3. The van der Waals surface area contributed by atoms with Gasteiger partial charge in [0.15, 0.2) is 0 Å². The largest absolute Gasteiger partial charge is 0.416 e. The Labute approximate surface area is 331 Å². The molecule has 1 saturated heterocycles. The highest BCUT2D eigenvalue weighted by molar-refractivity contribution is 6.39. The molecule has 2 aromatic heterocycles. The van der Waals surface area contributed by atoms with Gasteiger partial charge in [0.2, 0.25) is 5.91 Å². The van der Waals surface area contributed by atoms with Crippen molar-refractivity contribution >= 4 is 44.8 Å². The van der Waals surface area contributed by atoms with Gasteiger partial charge in [-0.25, -0.2) is 4.98 Å². The Morgan fingerprint density at radius 3 is 2.37 bits per heavy atom. The lowest BCUT2D eigenvalue weighted by Crippen LogP contribution is -2.60. The number of aromatic nitrogens is 3. The Morgan fingerprint density at radius 2 is 1.75 bits per heavy atom. The van der Waals surface area contributed by atoms with Crippen LogP contribution < -0.4 is 32.3 Å². The highest BCUT2D eigenvalue weighted by Gasteiger charge is 2.44. The predicted octanol–water partition coefficient (Wildman–Crippen LogP) is 2.76. The van der Waals surface area contributed by atoms with E-state index in [1.54, 1.807) is 50.4 Å². The summed E-state index contributed by atoms with van der Waals surface area (Å²) in [6, 6.07) is 6.32. The number of pyridine rings is 1. The standard InChI is InChI=1S/C38H44B2F3N11O3/c1-5-28-33-24(16-46-54(33)22-17-53(18-22)37(39,40)29-8-6-7-25(49-29)36(57)51(2)3)23-13-20(38(41,42)43)14-27(32(23)52(28)4)48-26(31(45)35(56)47-21-11-12-21)15-30(44)50-34(55)19-9-10-19/h6-8,13-16,19,21-22,28,48H,5,9-12,17-18,44-45H2,1-4H3,(H,47,56)(H,50,55)/b30-15+,31-26+. The van der Waals surface area contributed by atoms with Gasteiger partial charge in [0.05, 0.1) is 62.3 Å². The molecule has 0 bridgehead atoms. The SMILES string of the molecule is [B]C([B])(c1cccc(C(=O)N(C)C)n1)N1CC(n2ncc3c2C(CC)N(C)c2c(NC(/C=C(\N)NC(=O)C4CC4)=C(/N)C(=O)NC4CC4)cc(C(F)(F)F)cc2-3)C1. The van der Waals surface area contributed by atoms with E-state index in [1.807, 2.05) is 16.5 Å². The fourth-order valence-corrected chi connectivity index (χ4v) is 7.29. The minimum absolute atomic E-state index is 0.0160. The number of hydrogen-bond donors (Lipinski definition) is 5. The van der Waals surface area contributed by atoms with Gasteiger partial charge < -0.3 is 42.1 Å². The highest BCUT2D eigenvalue weighted by atomic mass is 19.4. The van der Waals surface area contributed by atoms with Gasteiger partial charge >= 0.3 is 6.18 Å². The van der Waals surface area contributed by atoms with Crippen LogP contribution in [0.3, 0.4) is 0 Å². The van der Waals surface area contributed by atoms with Gasteiger partial charge in [-0.2, -0.15) is 18.3 Å². The molecule has 3 amide bonds. The Balaban J connectivity index is 1.24. The van der Waals surface area contributed by atoms with E-state index in [2.05, 4.69) is 20.9 Å². The van der Waals surface area contributed by atoms with Crippen molar-refractivity contribution in [2.24, 2.45) is 17.4 Å². The van der Waals surface area contributed by atoms with Crippen molar-refractivity contribution < 1.29 is 27.6 Å². The zero-order chi connectivity index (χ0) is 41.1. The molecule has 14 nitrogen and oxygen atoms in total. The molecule has 7 rings (SSSR count). The summed E-state index contributed by atoms with van der Waals surface area (Å²) in [5.74, 6) is -1.52. The Bertz CT molecular complexity index is 2170. The Hall–Kier alpha value is -5.45. The molecule has 0 spiro atoms. The fraction of sp³-hybridized carbons (Fsp3) is 0.447. The summed E-state index contributed by atoms with van der Waals surface area (Å²) in [6.07, 6.45) is 1.61.